The second kappa shape index (κ2) is 8.52. The molecule has 0 aliphatic heterocycles. The molecule has 1 aromatic rings. The summed E-state index contributed by atoms with van der Waals surface area (Å²) in [6.07, 6.45) is 3.00. The van der Waals surface area contributed by atoms with Crippen molar-refractivity contribution in [3.05, 3.63) is 48.0 Å². The monoisotopic (exact) mass is 290 g/mol. The average molecular weight is 290 g/mol. The van der Waals surface area contributed by atoms with Crippen LogP contribution in [0.2, 0.25) is 0 Å². The van der Waals surface area contributed by atoms with E-state index >= 15 is 0 Å². The molecule has 0 saturated heterocycles. The molecule has 6 nitrogen and oxygen atoms in total. The molecule has 0 aliphatic carbocycles. The van der Waals surface area contributed by atoms with Crippen molar-refractivity contribution in [1.29, 1.82) is 0 Å². The predicted octanol–water partition coefficient (Wildman–Crippen LogP) is 1.47. The van der Waals surface area contributed by atoms with Gasteiger partial charge in [-0.3, -0.25) is 10.1 Å². The molecule has 0 aromatic heterocycles. The summed E-state index contributed by atoms with van der Waals surface area (Å²) >= 11 is 0. The number of carbonyl (C=O) groups excluding carboxylic acids is 2. The summed E-state index contributed by atoms with van der Waals surface area (Å²) in [5.41, 5.74) is 1.17. The van der Waals surface area contributed by atoms with Crippen molar-refractivity contribution in [2.24, 2.45) is 0 Å². The van der Waals surface area contributed by atoms with Gasteiger partial charge in [-0.05, 0) is 25.3 Å². The summed E-state index contributed by atoms with van der Waals surface area (Å²) in [7, 11) is 0. The SMILES string of the molecule is CC(CCc1ccccc1)NC(=O)NC(=O)C=CC(=O)O. The first-order valence-corrected chi connectivity index (χ1v) is 6.54. The van der Waals surface area contributed by atoms with E-state index in [-0.39, 0.29) is 6.04 Å². The summed E-state index contributed by atoms with van der Waals surface area (Å²) in [6, 6.07) is 9.10. The lowest BCUT2D eigenvalue weighted by Crippen LogP contribution is -2.43. The highest BCUT2D eigenvalue weighted by atomic mass is 16.4. The van der Waals surface area contributed by atoms with Gasteiger partial charge in [0.25, 0.3) is 5.91 Å². The van der Waals surface area contributed by atoms with Gasteiger partial charge in [-0.2, -0.15) is 0 Å². The van der Waals surface area contributed by atoms with Gasteiger partial charge in [0.2, 0.25) is 0 Å². The van der Waals surface area contributed by atoms with Gasteiger partial charge >= 0.3 is 12.0 Å². The molecule has 0 bridgehead atoms. The molecule has 1 unspecified atom stereocenters. The lowest BCUT2D eigenvalue weighted by Gasteiger charge is -2.13. The molecule has 0 fully saturated rings. The van der Waals surface area contributed by atoms with Crippen molar-refractivity contribution in [3.63, 3.8) is 0 Å². The number of carbonyl (C=O) groups is 3. The molecule has 3 amide bonds. The fourth-order valence-electron chi connectivity index (χ4n) is 1.66. The molecule has 1 aromatic carbocycles. The van der Waals surface area contributed by atoms with Gasteiger partial charge in [0, 0.05) is 18.2 Å². The smallest absolute Gasteiger partial charge is 0.328 e. The van der Waals surface area contributed by atoms with Crippen molar-refractivity contribution in [2.75, 3.05) is 0 Å². The van der Waals surface area contributed by atoms with Crippen LogP contribution < -0.4 is 10.6 Å². The molecule has 0 heterocycles. The van der Waals surface area contributed by atoms with E-state index < -0.39 is 17.9 Å². The van der Waals surface area contributed by atoms with Crippen LogP contribution in [0.15, 0.2) is 42.5 Å². The number of hydrogen-bond donors (Lipinski definition) is 3. The van der Waals surface area contributed by atoms with Gasteiger partial charge in [0.05, 0.1) is 0 Å². The number of aryl methyl sites for hydroxylation is 1. The minimum atomic E-state index is -1.25. The van der Waals surface area contributed by atoms with Crippen molar-refractivity contribution < 1.29 is 19.5 Å². The van der Waals surface area contributed by atoms with Crippen molar-refractivity contribution in [1.82, 2.24) is 10.6 Å². The second-order valence-corrected chi connectivity index (χ2v) is 4.56. The maximum absolute atomic E-state index is 11.5. The Balaban J connectivity index is 2.30. The van der Waals surface area contributed by atoms with Crippen LogP contribution in [0.4, 0.5) is 4.79 Å². The first-order chi connectivity index (χ1) is 9.97. The van der Waals surface area contributed by atoms with Gasteiger partial charge in [0.15, 0.2) is 0 Å². The summed E-state index contributed by atoms with van der Waals surface area (Å²) in [6.45, 7) is 1.83. The highest BCUT2D eigenvalue weighted by Crippen LogP contribution is 2.04. The van der Waals surface area contributed by atoms with Crippen molar-refractivity contribution >= 4 is 17.9 Å². The maximum atomic E-state index is 11.5. The molecule has 0 saturated carbocycles. The fraction of sp³-hybridized carbons (Fsp3) is 0.267. The number of imide groups is 1. The third-order valence-corrected chi connectivity index (χ3v) is 2.70. The number of amides is 3. The molecule has 0 aliphatic rings. The number of aliphatic carboxylic acids is 1. The van der Waals surface area contributed by atoms with Gasteiger partial charge in [-0.1, -0.05) is 30.3 Å². The number of rotatable bonds is 6. The highest BCUT2D eigenvalue weighted by Gasteiger charge is 2.09. The van der Waals surface area contributed by atoms with E-state index in [1.807, 2.05) is 42.6 Å². The highest BCUT2D eigenvalue weighted by molar-refractivity contribution is 6.02. The van der Waals surface area contributed by atoms with Crippen LogP contribution in [0, 0.1) is 0 Å². The molecule has 112 valence electrons. The van der Waals surface area contributed by atoms with Crippen LogP contribution in [0.3, 0.4) is 0 Å². The fourth-order valence-corrected chi connectivity index (χ4v) is 1.66. The molecular formula is C15H18N2O4. The van der Waals surface area contributed by atoms with Crippen LogP contribution in [-0.2, 0) is 16.0 Å². The largest absolute Gasteiger partial charge is 0.478 e. The molecule has 6 heteroatoms. The Morgan fingerprint density at radius 2 is 1.86 bits per heavy atom. The third kappa shape index (κ3) is 7.51. The number of benzene rings is 1. The zero-order valence-corrected chi connectivity index (χ0v) is 11.7. The zero-order chi connectivity index (χ0) is 15.7. The van der Waals surface area contributed by atoms with Gasteiger partial charge in [-0.25, -0.2) is 9.59 Å². The summed E-state index contributed by atoms with van der Waals surface area (Å²) < 4.78 is 0. The summed E-state index contributed by atoms with van der Waals surface area (Å²) in [4.78, 5) is 32.9. The Kier molecular flexibility index (Phi) is 6.67. The van der Waals surface area contributed by atoms with Crippen molar-refractivity contribution in [3.8, 4) is 0 Å². The van der Waals surface area contributed by atoms with Crippen LogP contribution in [0.1, 0.15) is 18.9 Å². The third-order valence-electron chi connectivity index (χ3n) is 2.70. The Morgan fingerprint density at radius 3 is 2.48 bits per heavy atom. The Labute approximate surface area is 122 Å². The maximum Gasteiger partial charge on any atom is 0.328 e. The quantitative estimate of drug-likeness (QED) is 0.691. The van der Waals surface area contributed by atoms with E-state index in [0.29, 0.717) is 6.08 Å². The lowest BCUT2D eigenvalue weighted by atomic mass is 10.1. The molecule has 21 heavy (non-hydrogen) atoms. The van der Waals surface area contributed by atoms with E-state index in [1.165, 1.54) is 5.56 Å². The number of carboxylic acid groups (broad SMARTS) is 1. The number of carboxylic acids is 1. The van der Waals surface area contributed by atoms with E-state index in [0.717, 1.165) is 18.9 Å². The Bertz CT molecular complexity index is 526. The topological polar surface area (TPSA) is 95.5 Å². The zero-order valence-electron chi connectivity index (χ0n) is 11.7. The van der Waals surface area contributed by atoms with Crippen LogP contribution in [-0.4, -0.2) is 29.1 Å². The normalized spacial score (nSPS) is 11.9. The van der Waals surface area contributed by atoms with E-state index in [1.54, 1.807) is 0 Å². The van der Waals surface area contributed by atoms with E-state index in [2.05, 4.69) is 5.32 Å². The Morgan fingerprint density at radius 1 is 1.19 bits per heavy atom. The summed E-state index contributed by atoms with van der Waals surface area (Å²) in [5, 5.41) is 13.0. The van der Waals surface area contributed by atoms with Crippen LogP contribution in [0.5, 0.6) is 0 Å². The molecule has 0 spiro atoms. The number of urea groups is 1. The lowest BCUT2D eigenvalue weighted by molar-refractivity contribution is -0.131. The molecule has 3 N–H and O–H groups in total. The first kappa shape index (κ1) is 16.4. The minimum Gasteiger partial charge on any atom is -0.478 e. The molecule has 1 rings (SSSR count). The van der Waals surface area contributed by atoms with E-state index in [9.17, 15) is 14.4 Å². The Hall–Kier alpha value is -2.63. The summed E-state index contributed by atoms with van der Waals surface area (Å²) in [5.74, 6) is -2.02. The van der Waals surface area contributed by atoms with E-state index in [4.69, 9.17) is 5.11 Å². The number of nitrogens with one attached hydrogen (secondary N) is 2. The van der Waals surface area contributed by atoms with Gasteiger partial charge in [0.1, 0.15) is 0 Å². The average Bonchev–Trinajstić information content (AvgIpc) is 2.44. The van der Waals surface area contributed by atoms with Crippen molar-refractivity contribution in [2.45, 2.75) is 25.8 Å². The van der Waals surface area contributed by atoms with Crippen LogP contribution >= 0.6 is 0 Å². The standard InChI is InChI=1S/C15H18N2O4/c1-11(7-8-12-5-3-2-4-6-12)16-15(21)17-13(18)9-10-14(19)20/h2-6,9-11H,7-8H2,1H3,(H,19,20)(H2,16,17,18,21). The molecule has 0 radical (unpaired) electrons. The number of hydrogen-bond acceptors (Lipinski definition) is 3. The predicted molar refractivity (Wildman–Crippen MR) is 77.7 cm³/mol. The minimum absolute atomic E-state index is 0.110. The second-order valence-electron chi connectivity index (χ2n) is 4.56. The molecular weight excluding hydrogens is 272 g/mol. The van der Waals surface area contributed by atoms with Gasteiger partial charge in [-0.15, -0.1) is 0 Å². The first-order valence-electron chi connectivity index (χ1n) is 6.54. The molecule has 1 atom stereocenters. The van der Waals surface area contributed by atoms with Crippen LogP contribution in [0.25, 0.3) is 0 Å². The van der Waals surface area contributed by atoms with Gasteiger partial charge < -0.3 is 10.4 Å².